The highest BCUT2D eigenvalue weighted by Gasteiger charge is 2.45. The lowest BCUT2D eigenvalue weighted by atomic mass is 10.3. The zero-order chi connectivity index (χ0) is 23.8. The van der Waals surface area contributed by atoms with Gasteiger partial charge in [0.15, 0.2) is 0 Å². The molecule has 0 fully saturated rings. The molecule has 0 unspecified atom stereocenters. The van der Waals surface area contributed by atoms with Crippen molar-refractivity contribution in [1.82, 2.24) is 0 Å². The molecule has 4 rings (SSSR count). The standard InChI is InChI=1S/C27H23NO5P/c29-27(33-23-18-16-22(17-19-23)28(30)31)32-20-21-34(24-10-4-1-5-11-24,25-12-6-2-7-13-25)26-14-8-3-9-15-26/h1-19H,20-21H2/q+1. The minimum atomic E-state index is -2.12. The molecule has 7 heteroatoms. The maximum Gasteiger partial charge on any atom is 0.513 e. The van der Waals surface area contributed by atoms with E-state index in [0.717, 1.165) is 0 Å². The molecule has 0 spiro atoms. The topological polar surface area (TPSA) is 78.7 Å². The van der Waals surface area contributed by atoms with Crippen molar-refractivity contribution in [3.63, 3.8) is 0 Å². The molecule has 6 nitrogen and oxygen atoms in total. The first kappa shape index (κ1) is 23.1. The van der Waals surface area contributed by atoms with Crippen LogP contribution in [0, 0.1) is 10.1 Å². The zero-order valence-corrected chi connectivity index (χ0v) is 19.2. The number of hydrogen-bond donors (Lipinski definition) is 0. The summed E-state index contributed by atoms with van der Waals surface area (Å²) in [6, 6.07) is 36.2. The van der Waals surface area contributed by atoms with Gasteiger partial charge in [-0.15, -0.1) is 0 Å². The largest absolute Gasteiger partial charge is 0.513 e. The van der Waals surface area contributed by atoms with Crippen LogP contribution in [0.4, 0.5) is 10.5 Å². The van der Waals surface area contributed by atoms with Gasteiger partial charge in [-0.2, -0.15) is 0 Å². The van der Waals surface area contributed by atoms with Crippen LogP contribution in [0.3, 0.4) is 0 Å². The van der Waals surface area contributed by atoms with Gasteiger partial charge in [0, 0.05) is 12.1 Å². The molecular formula is C27H23NO5P+. The second-order valence-electron chi connectivity index (χ2n) is 7.49. The molecule has 4 aromatic rings. The summed E-state index contributed by atoms with van der Waals surface area (Å²) in [5.74, 6) is 0.186. The summed E-state index contributed by atoms with van der Waals surface area (Å²) in [5.41, 5.74) is -0.0797. The van der Waals surface area contributed by atoms with Gasteiger partial charge in [-0.3, -0.25) is 10.1 Å². The molecule has 0 amide bonds. The van der Waals surface area contributed by atoms with E-state index in [1.54, 1.807) is 0 Å². The maximum absolute atomic E-state index is 12.4. The van der Waals surface area contributed by atoms with Crippen LogP contribution in [0.25, 0.3) is 0 Å². The van der Waals surface area contributed by atoms with Gasteiger partial charge in [0.05, 0.1) is 4.92 Å². The molecule has 0 N–H and O–H groups in total. The van der Waals surface area contributed by atoms with Crippen LogP contribution in [0.2, 0.25) is 0 Å². The van der Waals surface area contributed by atoms with E-state index in [1.165, 1.54) is 40.2 Å². The van der Waals surface area contributed by atoms with E-state index in [1.807, 2.05) is 54.6 Å². The number of nitro benzene ring substituents is 1. The average Bonchev–Trinajstić information content (AvgIpc) is 2.88. The SMILES string of the molecule is O=C(OCC[P+](c1ccccc1)(c1ccccc1)c1ccccc1)Oc1ccc([N+](=O)[O-])cc1. The highest BCUT2D eigenvalue weighted by molar-refractivity contribution is 7.95. The van der Waals surface area contributed by atoms with Crippen molar-refractivity contribution in [3.8, 4) is 5.75 Å². The Hall–Kier alpha value is -4.02. The Labute approximate surface area is 198 Å². The number of non-ortho nitro benzene ring substituents is 1. The van der Waals surface area contributed by atoms with E-state index in [4.69, 9.17) is 9.47 Å². The minimum Gasteiger partial charge on any atom is -0.430 e. The molecule has 0 bridgehead atoms. The number of carbonyl (C=O) groups excluding carboxylic acids is 1. The van der Waals surface area contributed by atoms with Gasteiger partial charge in [-0.05, 0) is 48.5 Å². The van der Waals surface area contributed by atoms with Crippen molar-refractivity contribution in [3.05, 3.63) is 125 Å². The van der Waals surface area contributed by atoms with Crippen LogP contribution in [0.5, 0.6) is 5.75 Å². The molecule has 0 saturated carbocycles. The molecule has 0 heterocycles. The van der Waals surface area contributed by atoms with E-state index in [0.29, 0.717) is 6.16 Å². The molecule has 0 atom stereocenters. The zero-order valence-electron chi connectivity index (χ0n) is 18.3. The van der Waals surface area contributed by atoms with Crippen LogP contribution in [0.1, 0.15) is 0 Å². The predicted molar refractivity (Wildman–Crippen MR) is 135 cm³/mol. The summed E-state index contributed by atoms with van der Waals surface area (Å²) >= 11 is 0. The van der Waals surface area contributed by atoms with Crippen molar-refractivity contribution >= 4 is 35.0 Å². The number of carbonyl (C=O) groups is 1. The third-order valence-electron chi connectivity index (χ3n) is 5.49. The lowest BCUT2D eigenvalue weighted by molar-refractivity contribution is -0.384. The molecule has 170 valence electrons. The van der Waals surface area contributed by atoms with Crippen molar-refractivity contribution in [2.75, 3.05) is 12.8 Å². The third kappa shape index (κ3) is 5.13. The van der Waals surface area contributed by atoms with Crippen LogP contribution >= 0.6 is 7.26 Å². The van der Waals surface area contributed by atoms with Gasteiger partial charge in [0.2, 0.25) is 0 Å². The van der Waals surface area contributed by atoms with Gasteiger partial charge in [0.1, 0.15) is 41.7 Å². The van der Waals surface area contributed by atoms with Crippen LogP contribution in [-0.4, -0.2) is 23.8 Å². The van der Waals surface area contributed by atoms with Crippen molar-refractivity contribution in [2.45, 2.75) is 0 Å². The molecule has 0 aliphatic rings. The Morgan fingerprint density at radius 3 is 1.56 bits per heavy atom. The van der Waals surface area contributed by atoms with Crippen LogP contribution in [0.15, 0.2) is 115 Å². The maximum atomic E-state index is 12.4. The van der Waals surface area contributed by atoms with E-state index < -0.39 is 18.3 Å². The summed E-state index contributed by atoms with van der Waals surface area (Å²) in [4.78, 5) is 22.6. The Bertz CT molecular complexity index is 1140. The van der Waals surface area contributed by atoms with E-state index in [2.05, 4.69) is 36.4 Å². The number of nitrogens with zero attached hydrogens (tertiary/aromatic N) is 1. The summed E-state index contributed by atoms with van der Waals surface area (Å²) in [6.07, 6.45) is -0.249. The average molecular weight is 472 g/mol. The second kappa shape index (κ2) is 10.7. The minimum absolute atomic E-state index is 0.0797. The van der Waals surface area contributed by atoms with Crippen molar-refractivity contribution < 1.29 is 19.2 Å². The molecule has 4 aromatic carbocycles. The van der Waals surface area contributed by atoms with Gasteiger partial charge >= 0.3 is 6.16 Å². The van der Waals surface area contributed by atoms with E-state index in [9.17, 15) is 14.9 Å². The Balaban J connectivity index is 1.58. The first-order valence-electron chi connectivity index (χ1n) is 10.7. The predicted octanol–water partition coefficient (Wildman–Crippen LogP) is 5.10. The van der Waals surface area contributed by atoms with Gasteiger partial charge < -0.3 is 9.47 Å². The molecule has 0 saturated heterocycles. The highest BCUT2D eigenvalue weighted by atomic mass is 31.2. The molecule has 34 heavy (non-hydrogen) atoms. The number of ether oxygens (including phenoxy) is 2. The Morgan fingerprint density at radius 1 is 0.706 bits per heavy atom. The Morgan fingerprint density at radius 2 is 1.15 bits per heavy atom. The Kier molecular flexibility index (Phi) is 7.31. The third-order valence-corrected chi connectivity index (χ3v) is 9.88. The van der Waals surface area contributed by atoms with Gasteiger partial charge in [0.25, 0.3) is 5.69 Å². The fourth-order valence-corrected chi connectivity index (χ4v) is 7.99. The van der Waals surface area contributed by atoms with E-state index >= 15 is 0 Å². The monoisotopic (exact) mass is 472 g/mol. The fourth-order valence-electron chi connectivity index (χ4n) is 3.91. The summed E-state index contributed by atoms with van der Waals surface area (Å²) < 4.78 is 10.7. The quantitative estimate of drug-likeness (QED) is 0.117. The number of nitro groups is 1. The molecule has 0 aliphatic heterocycles. The molecule has 0 aromatic heterocycles. The van der Waals surface area contributed by atoms with Crippen LogP contribution < -0.4 is 20.7 Å². The molecule has 0 aliphatic carbocycles. The second-order valence-corrected chi connectivity index (χ2v) is 11.1. The normalized spacial score (nSPS) is 10.9. The lowest BCUT2D eigenvalue weighted by Gasteiger charge is -2.27. The summed E-state index contributed by atoms with van der Waals surface area (Å²) in [5, 5.41) is 14.4. The van der Waals surface area contributed by atoms with Gasteiger partial charge in [-0.25, -0.2) is 4.79 Å². The lowest BCUT2D eigenvalue weighted by Crippen LogP contribution is -2.35. The van der Waals surface area contributed by atoms with Crippen molar-refractivity contribution in [2.24, 2.45) is 0 Å². The summed E-state index contributed by atoms with van der Waals surface area (Å²) in [6.45, 7) is 0.151. The van der Waals surface area contributed by atoms with Gasteiger partial charge in [-0.1, -0.05) is 54.6 Å². The highest BCUT2D eigenvalue weighted by Crippen LogP contribution is 2.54. The van der Waals surface area contributed by atoms with E-state index in [-0.39, 0.29) is 18.0 Å². The fraction of sp³-hybridized carbons (Fsp3) is 0.0741. The smallest absolute Gasteiger partial charge is 0.430 e. The number of benzene rings is 4. The first-order chi connectivity index (χ1) is 16.6. The van der Waals surface area contributed by atoms with Crippen molar-refractivity contribution in [1.29, 1.82) is 0 Å². The molecule has 0 radical (unpaired) electrons. The number of rotatable bonds is 8. The van der Waals surface area contributed by atoms with Crippen LogP contribution in [-0.2, 0) is 4.74 Å². The summed E-state index contributed by atoms with van der Waals surface area (Å²) in [7, 11) is -2.12. The molecular weight excluding hydrogens is 449 g/mol. The number of hydrogen-bond acceptors (Lipinski definition) is 5. The first-order valence-corrected chi connectivity index (χ1v) is 12.7.